The molecule has 1 atom stereocenters. The summed E-state index contributed by atoms with van der Waals surface area (Å²) in [6.45, 7) is 1.04. The predicted octanol–water partition coefficient (Wildman–Crippen LogP) is 3.85. The van der Waals surface area contributed by atoms with E-state index in [1.807, 2.05) is 42.6 Å². The highest BCUT2D eigenvalue weighted by molar-refractivity contribution is 5.89. The Morgan fingerprint density at radius 2 is 1.85 bits per heavy atom. The normalized spacial score (nSPS) is 12.4. The van der Waals surface area contributed by atoms with Crippen molar-refractivity contribution in [2.45, 2.75) is 26.5 Å². The van der Waals surface area contributed by atoms with E-state index >= 15 is 0 Å². The first-order valence-electron chi connectivity index (χ1n) is 8.36. The molecule has 1 aromatic carbocycles. The van der Waals surface area contributed by atoms with Gasteiger partial charge in [-0.15, -0.1) is 10.2 Å². The molecule has 0 saturated carbocycles. The van der Waals surface area contributed by atoms with Gasteiger partial charge in [0.1, 0.15) is 5.75 Å². The quantitative estimate of drug-likeness (QED) is 0.686. The van der Waals surface area contributed by atoms with E-state index in [1.54, 1.807) is 0 Å². The first kappa shape index (κ1) is 18.6. The van der Waals surface area contributed by atoms with Crippen molar-refractivity contribution in [3.8, 4) is 5.75 Å². The summed E-state index contributed by atoms with van der Waals surface area (Å²) < 4.78 is 30.5. The molecule has 142 valence electrons. The SMILES string of the molecule is CC(C)[C@H](NC(=O)Nc1ccc(OC(F)F)cc1)c1nnc2ccccn12. The van der Waals surface area contributed by atoms with Gasteiger partial charge in [0.2, 0.25) is 0 Å². The van der Waals surface area contributed by atoms with Gasteiger partial charge in [0.25, 0.3) is 0 Å². The van der Waals surface area contributed by atoms with Crippen LogP contribution in [0.5, 0.6) is 5.75 Å². The van der Waals surface area contributed by atoms with Crippen LogP contribution in [0.1, 0.15) is 25.7 Å². The maximum absolute atomic E-state index is 12.4. The van der Waals surface area contributed by atoms with Crippen LogP contribution < -0.4 is 15.4 Å². The Labute approximate surface area is 154 Å². The number of pyridine rings is 1. The number of carbonyl (C=O) groups is 1. The molecule has 0 aliphatic rings. The molecular formula is C18H19F2N5O2. The third-order valence-electron chi connectivity index (χ3n) is 3.91. The highest BCUT2D eigenvalue weighted by Gasteiger charge is 2.23. The fraction of sp³-hybridized carbons (Fsp3) is 0.278. The zero-order valence-corrected chi connectivity index (χ0v) is 14.8. The number of aromatic nitrogens is 3. The zero-order valence-electron chi connectivity index (χ0n) is 14.8. The molecule has 2 N–H and O–H groups in total. The second-order valence-corrected chi connectivity index (χ2v) is 6.21. The van der Waals surface area contributed by atoms with Gasteiger partial charge in [-0.2, -0.15) is 8.78 Å². The number of amides is 2. The Kier molecular flexibility index (Phi) is 5.49. The van der Waals surface area contributed by atoms with Crippen LogP contribution in [-0.4, -0.2) is 27.2 Å². The molecule has 9 heteroatoms. The number of halogens is 2. The van der Waals surface area contributed by atoms with E-state index in [-0.39, 0.29) is 17.7 Å². The molecule has 0 aliphatic heterocycles. The zero-order chi connectivity index (χ0) is 19.4. The van der Waals surface area contributed by atoms with Crippen LogP contribution in [0.3, 0.4) is 0 Å². The second kappa shape index (κ2) is 7.98. The molecule has 0 aliphatic carbocycles. The Hall–Kier alpha value is -3.23. The van der Waals surface area contributed by atoms with Crippen molar-refractivity contribution in [1.82, 2.24) is 19.9 Å². The third-order valence-corrected chi connectivity index (χ3v) is 3.91. The Bertz CT molecular complexity index is 912. The molecule has 2 amide bonds. The molecule has 0 radical (unpaired) electrons. The molecule has 3 aromatic rings. The second-order valence-electron chi connectivity index (χ2n) is 6.21. The summed E-state index contributed by atoms with van der Waals surface area (Å²) in [7, 11) is 0. The average molecular weight is 375 g/mol. The van der Waals surface area contributed by atoms with Crippen LogP contribution in [0, 0.1) is 5.92 Å². The van der Waals surface area contributed by atoms with Gasteiger partial charge in [0, 0.05) is 11.9 Å². The molecule has 3 rings (SSSR count). The van der Waals surface area contributed by atoms with Crippen molar-refractivity contribution in [1.29, 1.82) is 0 Å². The molecule has 2 heterocycles. The number of rotatable bonds is 6. The molecule has 0 spiro atoms. The lowest BCUT2D eigenvalue weighted by Crippen LogP contribution is -2.36. The van der Waals surface area contributed by atoms with Gasteiger partial charge in [-0.3, -0.25) is 4.40 Å². The molecular weight excluding hydrogens is 356 g/mol. The van der Waals surface area contributed by atoms with Gasteiger partial charge in [-0.05, 0) is 42.3 Å². The minimum atomic E-state index is -2.89. The van der Waals surface area contributed by atoms with Gasteiger partial charge in [-0.1, -0.05) is 19.9 Å². The largest absolute Gasteiger partial charge is 0.435 e. The van der Waals surface area contributed by atoms with Gasteiger partial charge in [-0.25, -0.2) is 4.79 Å². The first-order valence-corrected chi connectivity index (χ1v) is 8.36. The fourth-order valence-electron chi connectivity index (χ4n) is 2.63. The number of anilines is 1. The first-order chi connectivity index (χ1) is 12.9. The van der Waals surface area contributed by atoms with Gasteiger partial charge < -0.3 is 15.4 Å². The molecule has 0 unspecified atom stereocenters. The highest BCUT2D eigenvalue weighted by Crippen LogP contribution is 2.22. The molecule has 27 heavy (non-hydrogen) atoms. The van der Waals surface area contributed by atoms with Crippen LogP contribution >= 0.6 is 0 Å². The number of benzene rings is 1. The van der Waals surface area contributed by atoms with Crippen molar-refractivity contribution < 1.29 is 18.3 Å². The summed E-state index contributed by atoms with van der Waals surface area (Å²) >= 11 is 0. The molecule has 7 nitrogen and oxygen atoms in total. The molecule has 0 bridgehead atoms. The number of ether oxygens (including phenoxy) is 1. The maximum atomic E-state index is 12.4. The predicted molar refractivity (Wildman–Crippen MR) is 95.8 cm³/mol. The minimum Gasteiger partial charge on any atom is -0.435 e. The van der Waals surface area contributed by atoms with Crippen molar-refractivity contribution in [3.63, 3.8) is 0 Å². The molecule has 0 saturated heterocycles. The highest BCUT2D eigenvalue weighted by atomic mass is 19.3. The van der Waals surface area contributed by atoms with E-state index in [9.17, 15) is 13.6 Å². The Morgan fingerprint density at radius 1 is 1.11 bits per heavy atom. The summed E-state index contributed by atoms with van der Waals surface area (Å²) in [5.41, 5.74) is 1.14. The standard InChI is InChI=1S/C18H19F2N5O2/c1-11(2)15(16-24-23-14-5-3-4-10-25(14)16)22-18(26)21-12-6-8-13(9-7-12)27-17(19)20/h3-11,15,17H,1-2H3,(H2,21,22,26)/t15-/m0/s1. The van der Waals surface area contributed by atoms with E-state index in [1.165, 1.54) is 24.3 Å². The summed E-state index contributed by atoms with van der Waals surface area (Å²) in [6, 6.07) is 10.4. The lowest BCUT2D eigenvalue weighted by Gasteiger charge is -2.21. The van der Waals surface area contributed by atoms with Crippen LogP contribution in [0.2, 0.25) is 0 Å². The topological polar surface area (TPSA) is 80.5 Å². The summed E-state index contributed by atoms with van der Waals surface area (Å²) in [5.74, 6) is 0.701. The number of carbonyl (C=O) groups excluding carboxylic acids is 1. The fourth-order valence-corrected chi connectivity index (χ4v) is 2.63. The van der Waals surface area contributed by atoms with Crippen LogP contribution in [-0.2, 0) is 0 Å². The smallest absolute Gasteiger partial charge is 0.387 e. The number of nitrogens with one attached hydrogen (secondary N) is 2. The summed E-state index contributed by atoms with van der Waals surface area (Å²) in [6.07, 6.45) is 1.83. The van der Waals surface area contributed by atoms with Crippen molar-refractivity contribution >= 4 is 17.4 Å². The summed E-state index contributed by atoms with van der Waals surface area (Å²) in [4.78, 5) is 12.4. The number of hydrogen-bond donors (Lipinski definition) is 2. The third kappa shape index (κ3) is 4.49. The van der Waals surface area contributed by atoms with Crippen LogP contribution in [0.25, 0.3) is 5.65 Å². The Balaban J connectivity index is 1.70. The van der Waals surface area contributed by atoms with E-state index in [2.05, 4.69) is 25.6 Å². The van der Waals surface area contributed by atoms with E-state index in [0.29, 0.717) is 17.2 Å². The van der Waals surface area contributed by atoms with Crippen LogP contribution in [0.15, 0.2) is 48.7 Å². The van der Waals surface area contributed by atoms with Crippen molar-refractivity contribution in [3.05, 3.63) is 54.5 Å². The number of urea groups is 1. The van der Waals surface area contributed by atoms with Crippen LogP contribution in [0.4, 0.5) is 19.3 Å². The average Bonchev–Trinajstić information content (AvgIpc) is 3.04. The maximum Gasteiger partial charge on any atom is 0.387 e. The Morgan fingerprint density at radius 3 is 2.52 bits per heavy atom. The molecule has 2 aromatic heterocycles. The van der Waals surface area contributed by atoms with Gasteiger partial charge in [0.05, 0.1) is 6.04 Å². The van der Waals surface area contributed by atoms with E-state index in [0.717, 1.165) is 0 Å². The number of nitrogens with zero attached hydrogens (tertiary/aromatic N) is 3. The molecule has 0 fully saturated rings. The lowest BCUT2D eigenvalue weighted by atomic mass is 10.0. The summed E-state index contributed by atoms with van der Waals surface area (Å²) in [5, 5.41) is 13.9. The number of alkyl halides is 2. The van der Waals surface area contributed by atoms with E-state index < -0.39 is 12.6 Å². The minimum absolute atomic E-state index is 0.0194. The number of hydrogen-bond acceptors (Lipinski definition) is 4. The van der Waals surface area contributed by atoms with Crippen molar-refractivity contribution in [2.75, 3.05) is 5.32 Å². The monoisotopic (exact) mass is 375 g/mol. The van der Waals surface area contributed by atoms with E-state index in [4.69, 9.17) is 0 Å². The lowest BCUT2D eigenvalue weighted by molar-refractivity contribution is -0.0498. The van der Waals surface area contributed by atoms with Gasteiger partial charge in [0.15, 0.2) is 11.5 Å². The van der Waals surface area contributed by atoms with Crippen molar-refractivity contribution in [2.24, 2.45) is 5.92 Å². The number of fused-ring (bicyclic) bond motifs is 1. The van der Waals surface area contributed by atoms with Gasteiger partial charge >= 0.3 is 12.6 Å².